The molecule has 0 radical (unpaired) electrons. The van der Waals surface area contributed by atoms with Crippen molar-refractivity contribution in [2.45, 2.75) is 13.1 Å². The number of carbonyl (C=O) groups excluding carboxylic acids is 1. The molecule has 0 atom stereocenters. The Labute approximate surface area is 205 Å². The van der Waals surface area contributed by atoms with Crippen LogP contribution >= 0.6 is 0 Å². The predicted octanol–water partition coefficient (Wildman–Crippen LogP) is 4.74. The molecule has 3 aromatic rings. The minimum atomic E-state index is -5.08. The van der Waals surface area contributed by atoms with E-state index in [1.165, 1.54) is 11.8 Å². The molecular formula is C25H24F4N4O3. The molecule has 190 valence electrons. The Bertz CT molecular complexity index is 1200. The lowest BCUT2D eigenvalue weighted by Crippen LogP contribution is -2.46. The van der Waals surface area contributed by atoms with Crippen molar-refractivity contribution < 1.29 is 32.3 Å². The van der Waals surface area contributed by atoms with Crippen LogP contribution in [0.1, 0.15) is 15.9 Å². The molecule has 36 heavy (non-hydrogen) atoms. The molecule has 2 N–H and O–H groups in total. The van der Waals surface area contributed by atoms with Crippen molar-refractivity contribution in [1.29, 1.82) is 0 Å². The fraction of sp³-hybridized carbons (Fsp3) is 0.240. The highest BCUT2D eigenvalue weighted by Crippen LogP contribution is 2.22. The Hall–Kier alpha value is -4.15. The molecule has 1 aliphatic heterocycles. The first-order valence-electron chi connectivity index (χ1n) is 10.9. The number of rotatable bonds is 4. The van der Waals surface area contributed by atoms with Gasteiger partial charge in [-0.1, -0.05) is 12.1 Å². The molecule has 11 heteroatoms. The molecular weight excluding hydrogens is 480 g/mol. The minimum Gasteiger partial charge on any atom is -0.475 e. The van der Waals surface area contributed by atoms with Crippen molar-refractivity contribution in [1.82, 2.24) is 4.98 Å². The molecule has 1 aliphatic rings. The van der Waals surface area contributed by atoms with Gasteiger partial charge in [0.05, 0.1) is 0 Å². The van der Waals surface area contributed by atoms with Gasteiger partial charge in [-0.2, -0.15) is 13.2 Å². The van der Waals surface area contributed by atoms with Crippen LogP contribution < -0.4 is 15.1 Å². The van der Waals surface area contributed by atoms with Gasteiger partial charge in [0.1, 0.15) is 5.82 Å². The molecule has 0 spiro atoms. The van der Waals surface area contributed by atoms with E-state index in [2.05, 4.69) is 20.1 Å². The summed E-state index contributed by atoms with van der Waals surface area (Å²) in [6, 6.07) is 16.3. The van der Waals surface area contributed by atoms with Crippen molar-refractivity contribution in [2.75, 3.05) is 41.3 Å². The highest BCUT2D eigenvalue weighted by molar-refractivity contribution is 6.04. The number of aromatic nitrogens is 1. The first-order valence-corrected chi connectivity index (χ1v) is 10.9. The standard InChI is InChI=1S/C23H23FN4O.C2HF3O2/c1-17-5-6-19(16-22(17)24)26-23(29)18-3-2-4-21(15-18)28-13-11-27(12-14-28)20-7-9-25-10-8-20;3-2(4,5)1(6)7/h2-10,15-16H,11-14H2,1H3,(H,26,29);(H,6,7). The number of piperazine rings is 1. The fourth-order valence-electron chi connectivity index (χ4n) is 3.50. The minimum absolute atomic E-state index is 0.245. The first-order chi connectivity index (χ1) is 17.0. The fourth-order valence-corrected chi connectivity index (χ4v) is 3.50. The van der Waals surface area contributed by atoms with E-state index in [4.69, 9.17) is 9.90 Å². The van der Waals surface area contributed by atoms with Gasteiger partial charge in [-0.3, -0.25) is 9.78 Å². The highest BCUT2D eigenvalue weighted by Gasteiger charge is 2.38. The summed E-state index contributed by atoms with van der Waals surface area (Å²) in [4.78, 5) is 30.2. The van der Waals surface area contributed by atoms with Gasteiger partial charge in [0.2, 0.25) is 0 Å². The van der Waals surface area contributed by atoms with E-state index in [1.54, 1.807) is 25.1 Å². The van der Waals surface area contributed by atoms with Gasteiger partial charge in [0.25, 0.3) is 5.91 Å². The van der Waals surface area contributed by atoms with Gasteiger partial charge in [0.15, 0.2) is 0 Å². The zero-order valence-corrected chi connectivity index (χ0v) is 19.3. The summed E-state index contributed by atoms with van der Waals surface area (Å²) in [6.07, 6.45) is -1.46. The third kappa shape index (κ3) is 7.17. The van der Waals surface area contributed by atoms with E-state index in [0.29, 0.717) is 16.8 Å². The lowest BCUT2D eigenvalue weighted by Gasteiger charge is -2.37. The van der Waals surface area contributed by atoms with E-state index < -0.39 is 12.1 Å². The van der Waals surface area contributed by atoms with Crippen LogP contribution in [0.3, 0.4) is 0 Å². The number of aliphatic carboxylic acids is 1. The smallest absolute Gasteiger partial charge is 0.475 e. The second-order valence-corrected chi connectivity index (χ2v) is 7.95. The summed E-state index contributed by atoms with van der Waals surface area (Å²) < 4.78 is 45.5. The molecule has 1 fully saturated rings. The molecule has 4 rings (SSSR count). The summed E-state index contributed by atoms with van der Waals surface area (Å²) in [5, 5.41) is 9.90. The molecule has 2 heterocycles. The average Bonchev–Trinajstić information content (AvgIpc) is 2.87. The quantitative estimate of drug-likeness (QED) is 0.500. The number of benzene rings is 2. The van der Waals surface area contributed by atoms with Crippen molar-refractivity contribution in [3.63, 3.8) is 0 Å². The van der Waals surface area contributed by atoms with Gasteiger partial charge in [-0.15, -0.1) is 0 Å². The van der Waals surface area contributed by atoms with Crippen LogP contribution in [0.2, 0.25) is 0 Å². The number of hydrogen-bond acceptors (Lipinski definition) is 5. The van der Waals surface area contributed by atoms with E-state index in [9.17, 15) is 22.4 Å². The summed E-state index contributed by atoms with van der Waals surface area (Å²) in [6.45, 7) is 5.25. The molecule has 1 aromatic heterocycles. The largest absolute Gasteiger partial charge is 0.490 e. The highest BCUT2D eigenvalue weighted by atomic mass is 19.4. The van der Waals surface area contributed by atoms with Crippen LogP contribution in [-0.2, 0) is 4.79 Å². The van der Waals surface area contributed by atoms with Crippen molar-refractivity contribution >= 4 is 28.9 Å². The number of carboxylic acid groups (broad SMARTS) is 1. The Morgan fingerprint density at radius 2 is 1.50 bits per heavy atom. The number of aryl methyl sites for hydroxylation is 1. The van der Waals surface area contributed by atoms with Gasteiger partial charge in [-0.05, 0) is 55.0 Å². The maximum absolute atomic E-state index is 13.7. The normalized spacial score (nSPS) is 13.5. The van der Waals surface area contributed by atoms with Crippen LogP contribution in [-0.4, -0.2) is 54.3 Å². The van der Waals surface area contributed by atoms with E-state index in [1.807, 2.05) is 42.7 Å². The van der Waals surface area contributed by atoms with E-state index in [-0.39, 0.29) is 11.7 Å². The van der Waals surface area contributed by atoms with Crippen molar-refractivity contribution in [2.24, 2.45) is 0 Å². The van der Waals surface area contributed by atoms with E-state index in [0.717, 1.165) is 31.9 Å². The number of carbonyl (C=O) groups is 2. The molecule has 0 unspecified atom stereocenters. The number of alkyl halides is 3. The Morgan fingerprint density at radius 1 is 0.917 bits per heavy atom. The van der Waals surface area contributed by atoms with Gasteiger partial charge >= 0.3 is 12.1 Å². The third-order valence-corrected chi connectivity index (χ3v) is 5.45. The zero-order chi connectivity index (χ0) is 26.3. The number of halogens is 4. The maximum atomic E-state index is 13.7. The van der Waals surface area contributed by atoms with Crippen LogP contribution in [0.25, 0.3) is 0 Å². The number of amides is 1. The van der Waals surface area contributed by atoms with Crippen LogP contribution in [0.4, 0.5) is 34.6 Å². The number of nitrogens with one attached hydrogen (secondary N) is 1. The number of pyridine rings is 1. The maximum Gasteiger partial charge on any atom is 0.490 e. The number of carboxylic acids is 1. The molecule has 0 aliphatic carbocycles. The summed E-state index contributed by atoms with van der Waals surface area (Å²) in [5.41, 5.74) is 3.76. The monoisotopic (exact) mass is 504 g/mol. The number of hydrogen-bond donors (Lipinski definition) is 2. The van der Waals surface area contributed by atoms with Crippen molar-refractivity contribution in [3.05, 3.63) is 83.9 Å². The summed E-state index contributed by atoms with van der Waals surface area (Å²) >= 11 is 0. The molecule has 7 nitrogen and oxygen atoms in total. The lowest BCUT2D eigenvalue weighted by atomic mass is 10.1. The topological polar surface area (TPSA) is 85.8 Å². The lowest BCUT2D eigenvalue weighted by molar-refractivity contribution is -0.192. The van der Waals surface area contributed by atoms with Crippen LogP contribution in [0.5, 0.6) is 0 Å². The third-order valence-electron chi connectivity index (χ3n) is 5.45. The second kappa shape index (κ2) is 11.5. The van der Waals surface area contributed by atoms with Gasteiger partial charge in [-0.25, -0.2) is 9.18 Å². The SMILES string of the molecule is Cc1ccc(NC(=O)c2cccc(N3CCN(c4ccncc4)CC3)c2)cc1F.O=C(O)C(F)(F)F. The predicted molar refractivity (Wildman–Crippen MR) is 128 cm³/mol. The Balaban J connectivity index is 0.000000454. The molecule has 1 saturated heterocycles. The van der Waals surface area contributed by atoms with Crippen LogP contribution in [0.15, 0.2) is 67.0 Å². The Morgan fingerprint density at radius 3 is 2.06 bits per heavy atom. The van der Waals surface area contributed by atoms with E-state index >= 15 is 0 Å². The molecule has 0 bridgehead atoms. The number of nitrogens with zero attached hydrogens (tertiary/aromatic N) is 3. The molecule has 1 amide bonds. The van der Waals surface area contributed by atoms with Crippen molar-refractivity contribution in [3.8, 4) is 0 Å². The Kier molecular flexibility index (Phi) is 8.46. The average molecular weight is 504 g/mol. The first kappa shape index (κ1) is 26.5. The van der Waals surface area contributed by atoms with Gasteiger partial charge in [0, 0.05) is 61.2 Å². The molecule has 0 saturated carbocycles. The molecule has 2 aromatic carbocycles. The second-order valence-electron chi connectivity index (χ2n) is 7.95. The zero-order valence-electron chi connectivity index (χ0n) is 19.3. The van der Waals surface area contributed by atoms with Crippen LogP contribution in [0, 0.1) is 12.7 Å². The van der Waals surface area contributed by atoms with Gasteiger partial charge < -0.3 is 20.2 Å². The summed E-state index contributed by atoms with van der Waals surface area (Å²) in [7, 11) is 0. The number of anilines is 3. The summed E-state index contributed by atoms with van der Waals surface area (Å²) in [5.74, 6) is -3.33.